The second-order valence-electron chi connectivity index (χ2n) is 15.7. The van der Waals surface area contributed by atoms with Crippen LogP contribution < -0.4 is 30.9 Å². The van der Waals surface area contributed by atoms with Crippen molar-refractivity contribution in [2.75, 3.05) is 56.1 Å². The smallest absolute Gasteiger partial charge is 0.262 e. The Balaban J connectivity index is 0.921. The van der Waals surface area contributed by atoms with Crippen LogP contribution in [-0.4, -0.2) is 106 Å². The minimum absolute atomic E-state index is 0.0768. The van der Waals surface area contributed by atoms with Crippen LogP contribution in [0.5, 0.6) is 5.75 Å². The van der Waals surface area contributed by atoms with Gasteiger partial charge in [0.2, 0.25) is 17.8 Å². The summed E-state index contributed by atoms with van der Waals surface area (Å²) < 4.78 is 20.0. The van der Waals surface area contributed by atoms with Crippen LogP contribution in [0.3, 0.4) is 0 Å². The Morgan fingerprint density at radius 1 is 0.933 bits per heavy atom. The summed E-state index contributed by atoms with van der Waals surface area (Å²) in [7, 11) is 0.905. The molecule has 0 aliphatic carbocycles. The van der Waals surface area contributed by atoms with Crippen LogP contribution in [0.2, 0.25) is 0 Å². The molecule has 0 saturated carbocycles. The number of anilines is 5. The van der Waals surface area contributed by atoms with Crippen molar-refractivity contribution in [2.45, 2.75) is 51.2 Å². The van der Waals surface area contributed by atoms with Crippen LogP contribution in [0.25, 0.3) is 11.0 Å². The van der Waals surface area contributed by atoms with Crippen LogP contribution in [0.1, 0.15) is 57.5 Å². The number of aromatic nitrogens is 4. The second kappa shape index (κ2) is 16.4. The number of hydrogen-bond acceptors (Lipinski definition) is 14. The maximum atomic E-state index is 13.5. The Kier molecular flexibility index (Phi) is 11.2. The number of piperidine rings is 2. The normalized spacial score (nSPS) is 17.4. The molecule has 3 aromatic carbocycles. The quantitative estimate of drug-likeness (QED) is 0.108. The standard InChI is InChI=1S/C42H44BrN10O6P/c1-23-18-31(48-42-46-21-28(43)38(50-42)47-30-9-8-29-36(45-15-14-44-29)37(30)60(4,5)58)34(59-3)20-33(23)52-16-12-25(13-17-52)51(2)22-24-6-7-26-27(19-24)41(57)53(40(26)56)32-10-11-35(54)49-39(32)55/h6-9,14-15,18-21,25,32H,10-13,16-17,22H2,1-5H3,(H,49,54,55)(H2,46,47,48,50). The third kappa shape index (κ3) is 7.96. The first-order valence-electron chi connectivity index (χ1n) is 19.5. The van der Waals surface area contributed by atoms with Crippen molar-refractivity contribution in [3.05, 3.63) is 87.8 Å². The van der Waals surface area contributed by atoms with E-state index in [4.69, 9.17) is 9.72 Å². The molecule has 18 heteroatoms. The van der Waals surface area contributed by atoms with Gasteiger partial charge in [-0.1, -0.05) is 6.07 Å². The number of hydrogen-bond donors (Lipinski definition) is 3. The molecule has 16 nitrogen and oxygen atoms in total. The predicted molar refractivity (Wildman–Crippen MR) is 232 cm³/mol. The molecule has 0 radical (unpaired) electrons. The van der Waals surface area contributed by atoms with Crippen molar-refractivity contribution in [3.8, 4) is 5.75 Å². The molecule has 8 rings (SSSR count). The van der Waals surface area contributed by atoms with E-state index >= 15 is 0 Å². The minimum Gasteiger partial charge on any atom is -0.494 e. The van der Waals surface area contributed by atoms with Crippen LogP contribution in [-0.2, 0) is 20.7 Å². The third-order valence-electron chi connectivity index (χ3n) is 11.3. The molecule has 2 saturated heterocycles. The van der Waals surface area contributed by atoms with Gasteiger partial charge < -0.3 is 24.8 Å². The van der Waals surface area contributed by atoms with Crippen LogP contribution >= 0.6 is 23.1 Å². The maximum absolute atomic E-state index is 13.5. The first-order valence-corrected chi connectivity index (χ1v) is 22.9. The summed E-state index contributed by atoms with van der Waals surface area (Å²) >= 11 is 3.56. The van der Waals surface area contributed by atoms with Crippen LogP contribution in [0, 0.1) is 6.92 Å². The van der Waals surface area contributed by atoms with Gasteiger partial charge in [-0.25, -0.2) is 4.98 Å². The first kappa shape index (κ1) is 41.0. The van der Waals surface area contributed by atoms with Crippen molar-refractivity contribution >= 4 is 91.9 Å². The number of carbonyl (C=O) groups excluding carboxylic acids is 4. The Bertz CT molecular complexity index is 2630. The number of nitrogens with one attached hydrogen (secondary N) is 3. The van der Waals surface area contributed by atoms with Crippen LogP contribution in [0.15, 0.2) is 65.5 Å². The van der Waals surface area contributed by atoms with Crippen LogP contribution in [0.4, 0.5) is 28.8 Å². The van der Waals surface area contributed by atoms with E-state index in [9.17, 15) is 23.7 Å². The molecule has 0 spiro atoms. The lowest BCUT2D eigenvalue weighted by Crippen LogP contribution is -2.54. The number of ether oxygens (including phenoxy) is 1. The zero-order chi connectivity index (χ0) is 42.5. The lowest BCUT2D eigenvalue weighted by atomic mass is 10.00. The second-order valence-corrected chi connectivity index (χ2v) is 19.7. The molecule has 310 valence electrons. The van der Waals surface area contributed by atoms with E-state index in [0.717, 1.165) is 47.6 Å². The molecule has 4 amide bonds. The number of nitrogens with zero attached hydrogens (tertiary/aromatic N) is 7. The van der Waals surface area contributed by atoms with E-state index in [1.165, 1.54) is 0 Å². The van der Waals surface area contributed by atoms with Crippen molar-refractivity contribution in [1.29, 1.82) is 0 Å². The zero-order valence-electron chi connectivity index (χ0n) is 33.8. The third-order valence-corrected chi connectivity index (χ3v) is 13.4. The average Bonchev–Trinajstić information content (AvgIpc) is 3.46. The number of amides is 4. The van der Waals surface area contributed by atoms with Gasteiger partial charge in [-0.05, 0) is 104 Å². The van der Waals surface area contributed by atoms with E-state index < -0.39 is 36.8 Å². The molecular formula is C42H44BrN10O6P. The van der Waals surface area contributed by atoms with Crippen molar-refractivity contribution in [2.24, 2.45) is 0 Å². The maximum Gasteiger partial charge on any atom is 0.262 e. The number of imide groups is 2. The fourth-order valence-corrected chi connectivity index (χ4v) is 9.98. The highest BCUT2D eigenvalue weighted by Crippen LogP contribution is 2.42. The van der Waals surface area contributed by atoms with Gasteiger partial charge in [-0.15, -0.1) is 0 Å². The molecular weight excluding hydrogens is 851 g/mol. The first-order chi connectivity index (χ1) is 28.7. The number of carbonyl (C=O) groups is 4. The van der Waals surface area contributed by atoms with Crippen molar-refractivity contribution < 1.29 is 28.5 Å². The molecule has 5 aromatic rings. The van der Waals surface area contributed by atoms with E-state index in [2.05, 4.69) is 70.6 Å². The topological polar surface area (TPSA) is 192 Å². The Morgan fingerprint density at radius 3 is 2.42 bits per heavy atom. The highest BCUT2D eigenvalue weighted by Gasteiger charge is 2.44. The monoisotopic (exact) mass is 894 g/mol. The van der Waals surface area contributed by atoms with Crippen molar-refractivity contribution in [3.63, 3.8) is 0 Å². The molecule has 5 heterocycles. The van der Waals surface area contributed by atoms with E-state index in [-0.39, 0.29) is 30.0 Å². The van der Waals surface area contributed by atoms with Crippen molar-refractivity contribution in [1.82, 2.24) is 35.1 Å². The van der Waals surface area contributed by atoms with Gasteiger partial charge in [0, 0.05) is 62.4 Å². The summed E-state index contributed by atoms with van der Waals surface area (Å²) in [6.07, 6.45) is 6.86. The highest BCUT2D eigenvalue weighted by molar-refractivity contribution is 9.10. The van der Waals surface area contributed by atoms with E-state index in [1.54, 1.807) is 51.2 Å². The molecule has 2 fully saturated rings. The van der Waals surface area contributed by atoms with Gasteiger partial charge in [0.15, 0.2) is 0 Å². The molecule has 3 N–H and O–H groups in total. The molecule has 1 atom stereocenters. The lowest BCUT2D eigenvalue weighted by Gasteiger charge is -2.38. The Labute approximate surface area is 355 Å². The fourth-order valence-electron chi connectivity index (χ4n) is 8.30. The average molecular weight is 896 g/mol. The van der Waals surface area contributed by atoms with E-state index in [0.29, 0.717) is 56.2 Å². The summed E-state index contributed by atoms with van der Waals surface area (Å²) in [5, 5.41) is 9.50. The Morgan fingerprint density at radius 2 is 1.68 bits per heavy atom. The number of methoxy groups -OCH3 is 1. The molecule has 1 unspecified atom stereocenters. The molecule has 0 bridgehead atoms. The largest absolute Gasteiger partial charge is 0.494 e. The van der Waals surface area contributed by atoms with Gasteiger partial charge in [-0.3, -0.25) is 44.3 Å². The number of fused-ring (bicyclic) bond motifs is 2. The number of aryl methyl sites for hydroxylation is 1. The summed E-state index contributed by atoms with van der Waals surface area (Å²) in [5.74, 6) is -0.603. The zero-order valence-corrected chi connectivity index (χ0v) is 36.3. The van der Waals surface area contributed by atoms with Gasteiger partial charge in [0.1, 0.15) is 30.3 Å². The molecule has 3 aliphatic heterocycles. The summed E-state index contributed by atoms with van der Waals surface area (Å²) in [5.41, 5.74) is 6.12. The van der Waals surface area contributed by atoms with Gasteiger partial charge in [-0.2, -0.15) is 4.98 Å². The number of rotatable bonds is 11. The SMILES string of the molecule is COc1cc(N2CCC(N(C)Cc3ccc4c(c3)C(=O)N(C3CCC(=O)NC3=O)C4=O)CC2)c(C)cc1Nc1ncc(Br)c(Nc2ccc3nccnc3c2P(C)(C)=O)n1. The lowest BCUT2D eigenvalue weighted by molar-refractivity contribution is -0.136. The summed E-state index contributed by atoms with van der Waals surface area (Å²) in [6.45, 7) is 7.69. The minimum atomic E-state index is -2.79. The van der Waals surface area contributed by atoms with Gasteiger partial charge in [0.05, 0.1) is 44.9 Å². The molecule has 2 aromatic heterocycles. The summed E-state index contributed by atoms with van der Waals surface area (Å²) in [4.78, 5) is 74.4. The Hall–Kier alpha value is -5.77. The van der Waals surface area contributed by atoms with E-state index in [1.807, 2.05) is 30.3 Å². The fraction of sp³-hybridized carbons (Fsp3) is 0.333. The number of benzene rings is 3. The van der Waals surface area contributed by atoms with Gasteiger partial charge >= 0.3 is 0 Å². The predicted octanol–water partition coefficient (Wildman–Crippen LogP) is 5.74. The highest BCUT2D eigenvalue weighted by atomic mass is 79.9. The molecule has 60 heavy (non-hydrogen) atoms. The molecule has 3 aliphatic rings. The number of halogens is 1. The summed E-state index contributed by atoms with van der Waals surface area (Å²) in [6, 6.07) is 12.3. The van der Waals surface area contributed by atoms with Gasteiger partial charge in [0.25, 0.3) is 11.8 Å².